The van der Waals surface area contributed by atoms with Crippen molar-refractivity contribution in [1.29, 1.82) is 0 Å². The van der Waals surface area contributed by atoms with Gasteiger partial charge in [-0.1, -0.05) is 23.7 Å². The van der Waals surface area contributed by atoms with Crippen molar-refractivity contribution in [3.05, 3.63) is 58.9 Å². The van der Waals surface area contributed by atoms with E-state index in [1.54, 1.807) is 36.5 Å². The SMILES string of the molecule is O=C(NCCO)c1cccc(OCc2ccc(Cl)nc2)c1. The highest BCUT2D eigenvalue weighted by atomic mass is 35.5. The van der Waals surface area contributed by atoms with Crippen LogP contribution >= 0.6 is 11.6 Å². The lowest BCUT2D eigenvalue weighted by Crippen LogP contribution is -2.26. The predicted octanol–water partition coefficient (Wildman–Crippen LogP) is 2.04. The summed E-state index contributed by atoms with van der Waals surface area (Å²) in [5, 5.41) is 11.7. The second-order valence-corrected chi connectivity index (χ2v) is 4.67. The smallest absolute Gasteiger partial charge is 0.251 e. The first kappa shape index (κ1) is 15.3. The third kappa shape index (κ3) is 4.73. The van der Waals surface area contributed by atoms with E-state index in [0.29, 0.717) is 23.1 Å². The molecule has 0 aliphatic heterocycles. The molecular formula is C15H15ClN2O3. The van der Waals surface area contributed by atoms with Gasteiger partial charge in [-0.05, 0) is 24.3 Å². The Morgan fingerprint density at radius 2 is 2.19 bits per heavy atom. The normalized spacial score (nSPS) is 10.2. The van der Waals surface area contributed by atoms with Gasteiger partial charge in [0.05, 0.1) is 6.61 Å². The van der Waals surface area contributed by atoms with Crippen molar-refractivity contribution >= 4 is 17.5 Å². The molecule has 0 atom stereocenters. The number of rotatable bonds is 6. The molecule has 2 N–H and O–H groups in total. The van der Waals surface area contributed by atoms with E-state index in [4.69, 9.17) is 21.4 Å². The van der Waals surface area contributed by atoms with Crippen LogP contribution in [0.4, 0.5) is 0 Å². The topological polar surface area (TPSA) is 71.5 Å². The Bertz CT molecular complexity index is 602. The van der Waals surface area contributed by atoms with E-state index in [1.165, 1.54) is 0 Å². The summed E-state index contributed by atoms with van der Waals surface area (Å²) in [4.78, 5) is 15.7. The largest absolute Gasteiger partial charge is 0.489 e. The molecule has 2 rings (SSSR count). The third-order valence-corrected chi connectivity index (χ3v) is 2.91. The van der Waals surface area contributed by atoms with Crippen molar-refractivity contribution in [2.75, 3.05) is 13.2 Å². The number of carbonyl (C=O) groups excluding carboxylic acids is 1. The number of nitrogens with zero attached hydrogens (tertiary/aromatic N) is 1. The number of hydrogen-bond donors (Lipinski definition) is 2. The molecule has 0 bridgehead atoms. The minimum absolute atomic E-state index is 0.0918. The average molecular weight is 307 g/mol. The number of nitrogens with one attached hydrogen (secondary N) is 1. The van der Waals surface area contributed by atoms with Crippen LogP contribution in [0.25, 0.3) is 0 Å². The molecule has 6 heteroatoms. The molecule has 0 aliphatic carbocycles. The van der Waals surface area contributed by atoms with Crippen LogP contribution in [-0.4, -0.2) is 29.1 Å². The van der Waals surface area contributed by atoms with E-state index in [1.807, 2.05) is 6.07 Å². The average Bonchev–Trinajstić information content (AvgIpc) is 2.52. The Hall–Kier alpha value is -2.11. The summed E-state index contributed by atoms with van der Waals surface area (Å²) in [5.41, 5.74) is 1.37. The van der Waals surface area contributed by atoms with Gasteiger partial charge in [0.25, 0.3) is 5.91 Å². The molecule has 110 valence electrons. The molecule has 2 aromatic rings. The summed E-state index contributed by atoms with van der Waals surface area (Å²) < 4.78 is 5.61. The molecule has 1 heterocycles. The van der Waals surface area contributed by atoms with Crippen molar-refractivity contribution in [1.82, 2.24) is 10.3 Å². The van der Waals surface area contributed by atoms with Gasteiger partial charge in [0.1, 0.15) is 17.5 Å². The van der Waals surface area contributed by atoms with E-state index in [2.05, 4.69) is 10.3 Å². The zero-order valence-electron chi connectivity index (χ0n) is 11.3. The van der Waals surface area contributed by atoms with Gasteiger partial charge < -0.3 is 15.2 Å². The molecule has 5 nitrogen and oxygen atoms in total. The molecule has 1 amide bonds. The number of benzene rings is 1. The standard InChI is InChI=1S/C15H15ClN2O3/c16-14-5-4-11(9-18-14)10-21-13-3-1-2-12(8-13)15(20)17-6-7-19/h1-5,8-9,19H,6-7,10H2,(H,17,20). The first-order valence-corrected chi connectivity index (χ1v) is 6.79. The monoisotopic (exact) mass is 306 g/mol. The van der Waals surface area contributed by atoms with Crippen LogP contribution in [0, 0.1) is 0 Å². The van der Waals surface area contributed by atoms with E-state index in [-0.39, 0.29) is 19.1 Å². The number of aromatic nitrogens is 1. The predicted molar refractivity (Wildman–Crippen MR) is 79.4 cm³/mol. The Balaban J connectivity index is 1.97. The fourth-order valence-corrected chi connectivity index (χ4v) is 1.77. The molecular weight excluding hydrogens is 292 g/mol. The zero-order chi connectivity index (χ0) is 15.1. The molecule has 1 aromatic heterocycles. The van der Waals surface area contributed by atoms with Gasteiger partial charge in [-0.3, -0.25) is 4.79 Å². The first-order chi connectivity index (χ1) is 10.2. The highest BCUT2D eigenvalue weighted by molar-refractivity contribution is 6.29. The van der Waals surface area contributed by atoms with Gasteiger partial charge >= 0.3 is 0 Å². The summed E-state index contributed by atoms with van der Waals surface area (Å²) in [6.45, 7) is 0.470. The molecule has 0 saturated carbocycles. The number of aliphatic hydroxyl groups excluding tert-OH is 1. The number of carbonyl (C=O) groups is 1. The van der Waals surface area contributed by atoms with E-state index >= 15 is 0 Å². The van der Waals surface area contributed by atoms with E-state index in [0.717, 1.165) is 5.56 Å². The molecule has 1 aromatic carbocycles. The van der Waals surface area contributed by atoms with Crippen LogP contribution in [0.3, 0.4) is 0 Å². The molecule has 0 fully saturated rings. The van der Waals surface area contributed by atoms with Gasteiger partial charge in [0, 0.05) is 23.9 Å². The molecule has 21 heavy (non-hydrogen) atoms. The van der Waals surface area contributed by atoms with E-state index < -0.39 is 0 Å². The van der Waals surface area contributed by atoms with Crippen LogP contribution in [0.1, 0.15) is 15.9 Å². The fraction of sp³-hybridized carbons (Fsp3) is 0.200. The highest BCUT2D eigenvalue weighted by Gasteiger charge is 2.06. The summed E-state index contributed by atoms with van der Waals surface area (Å²) in [5.74, 6) is 0.337. The third-order valence-electron chi connectivity index (χ3n) is 2.69. The summed E-state index contributed by atoms with van der Waals surface area (Å²) in [7, 11) is 0. The lowest BCUT2D eigenvalue weighted by molar-refractivity contribution is 0.0944. The lowest BCUT2D eigenvalue weighted by Gasteiger charge is -2.08. The summed E-state index contributed by atoms with van der Waals surface area (Å²) >= 11 is 5.71. The maximum atomic E-state index is 11.8. The van der Waals surface area contributed by atoms with Crippen molar-refractivity contribution in [3.63, 3.8) is 0 Å². The van der Waals surface area contributed by atoms with Gasteiger partial charge in [-0.2, -0.15) is 0 Å². The lowest BCUT2D eigenvalue weighted by atomic mass is 10.2. The van der Waals surface area contributed by atoms with Crippen LogP contribution in [0.2, 0.25) is 5.15 Å². The molecule has 0 spiro atoms. The van der Waals surface area contributed by atoms with Crippen LogP contribution < -0.4 is 10.1 Å². The molecule has 0 radical (unpaired) electrons. The summed E-state index contributed by atoms with van der Waals surface area (Å²) in [6.07, 6.45) is 1.64. The maximum absolute atomic E-state index is 11.8. The maximum Gasteiger partial charge on any atom is 0.251 e. The number of pyridine rings is 1. The van der Waals surface area contributed by atoms with Gasteiger partial charge in [-0.25, -0.2) is 4.98 Å². The van der Waals surface area contributed by atoms with Crippen molar-refractivity contribution in [2.24, 2.45) is 0 Å². The second kappa shape index (κ2) is 7.61. The minimum Gasteiger partial charge on any atom is -0.489 e. The van der Waals surface area contributed by atoms with Crippen LogP contribution in [-0.2, 0) is 6.61 Å². The highest BCUT2D eigenvalue weighted by Crippen LogP contribution is 2.15. The number of amides is 1. The minimum atomic E-state index is -0.248. The first-order valence-electron chi connectivity index (χ1n) is 6.41. The van der Waals surface area contributed by atoms with E-state index in [9.17, 15) is 4.79 Å². The Kier molecular flexibility index (Phi) is 5.54. The molecule has 0 aliphatic rings. The van der Waals surface area contributed by atoms with Gasteiger partial charge in [-0.15, -0.1) is 0 Å². The number of halogens is 1. The molecule has 0 saturated heterocycles. The van der Waals surface area contributed by atoms with Gasteiger partial charge in [0.2, 0.25) is 0 Å². The van der Waals surface area contributed by atoms with Crippen molar-refractivity contribution in [3.8, 4) is 5.75 Å². The number of aliphatic hydroxyl groups is 1. The van der Waals surface area contributed by atoms with Crippen molar-refractivity contribution < 1.29 is 14.6 Å². The van der Waals surface area contributed by atoms with Crippen LogP contribution in [0.15, 0.2) is 42.6 Å². The zero-order valence-corrected chi connectivity index (χ0v) is 12.0. The number of hydrogen-bond acceptors (Lipinski definition) is 4. The fourth-order valence-electron chi connectivity index (χ4n) is 1.66. The van der Waals surface area contributed by atoms with Gasteiger partial charge in [0.15, 0.2) is 0 Å². The summed E-state index contributed by atoms with van der Waals surface area (Å²) in [6, 6.07) is 10.4. The second-order valence-electron chi connectivity index (χ2n) is 4.29. The number of ether oxygens (including phenoxy) is 1. The van der Waals surface area contributed by atoms with Crippen LogP contribution in [0.5, 0.6) is 5.75 Å². The van der Waals surface area contributed by atoms with Crippen molar-refractivity contribution in [2.45, 2.75) is 6.61 Å². The Morgan fingerprint density at radius 1 is 1.33 bits per heavy atom. The molecule has 0 unspecified atom stereocenters. The quantitative estimate of drug-likeness (QED) is 0.801. The Morgan fingerprint density at radius 3 is 2.90 bits per heavy atom. The Labute approximate surface area is 127 Å².